The number of aliphatic hydroxyl groups is 1. The van der Waals surface area contributed by atoms with Gasteiger partial charge in [0.15, 0.2) is 0 Å². The molecule has 21 nitrogen and oxygen atoms in total. The first-order valence-electron chi connectivity index (χ1n) is 22.8. The van der Waals surface area contributed by atoms with Gasteiger partial charge in [0.25, 0.3) is 11.5 Å². The minimum atomic E-state index is -1.32. The zero-order chi connectivity index (χ0) is 50.5. The van der Waals surface area contributed by atoms with Gasteiger partial charge in [0.1, 0.15) is 30.4 Å². The van der Waals surface area contributed by atoms with Crippen molar-refractivity contribution in [2.45, 2.75) is 90.6 Å². The van der Waals surface area contributed by atoms with E-state index in [2.05, 4.69) is 41.2 Å². The molecule has 10 N–H and O–H groups in total. The Morgan fingerprint density at radius 1 is 0.943 bits per heavy atom. The summed E-state index contributed by atoms with van der Waals surface area (Å²) in [6, 6.07) is 11.1. The second kappa shape index (κ2) is 24.0. The number of carbonyl (C=O) groups is 6. The Morgan fingerprint density at radius 3 is 2.34 bits per heavy atom. The van der Waals surface area contributed by atoms with Gasteiger partial charge in [0.2, 0.25) is 29.6 Å². The number of nitrogens with zero attached hydrogens (tertiary/aromatic N) is 3. The van der Waals surface area contributed by atoms with E-state index in [4.69, 9.17) is 15.2 Å². The molecule has 5 aromatic rings. The number of β-amino-alcohol motifs (C(OH)–C–C–N with tert-alkyl or cyclic N) is 1. The molecule has 0 radical (unpaired) electrons. The molecule has 4 atom stereocenters. The molecule has 4 heterocycles. The number of nitrogen functional groups attached to an aromatic ring is 1. The molecule has 1 aliphatic heterocycles. The van der Waals surface area contributed by atoms with E-state index in [1.807, 2.05) is 31.2 Å². The molecule has 2 aromatic carbocycles. The molecule has 3 aromatic heterocycles. The van der Waals surface area contributed by atoms with Crippen molar-refractivity contribution in [1.82, 2.24) is 46.1 Å². The fourth-order valence-electron chi connectivity index (χ4n) is 7.91. The van der Waals surface area contributed by atoms with E-state index in [1.165, 1.54) is 4.90 Å². The number of nitrogens with two attached hydrogens (primary N) is 1. The number of nitrogens with one attached hydrogen (secondary N) is 6. The first-order valence-corrected chi connectivity index (χ1v) is 23.7. The number of hydrogen-bond acceptors (Lipinski definition) is 14. The average Bonchev–Trinajstić information content (AvgIpc) is 4.06. The monoisotopic (exact) mass is 984 g/mol. The fourth-order valence-corrected chi connectivity index (χ4v) is 8.72. The molecular weight excluding hydrogens is 925 g/mol. The van der Waals surface area contributed by atoms with Crippen LogP contribution in [0.3, 0.4) is 0 Å². The summed E-state index contributed by atoms with van der Waals surface area (Å²) in [7, 11) is 0. The maximum absolute atomic E-state index is 13.9. The van der Waals surface area contributed by atoms with Gasteiger partial charge < -0.3 is 56.6 Å². The Kier molecular flexibility index (Phi) is 18.0. The van der Waals surface area contributed by atoms with E-state index in [9.17, 15) is 43.8 Å². The van der Waals surface area contributed by atoms with Gasteiger partial charge in [-0.1, -0.05) is 57.2 Å². The summed E-state index contributed by atoms with van der Waals surface area (Å²) in [5.41, 5.74) is 11.4. The number of aliphatic carboxylic acids is 1. The number of thiazole rings is 1. The number of aromatic nitrogens is 4. The van der Waals surface area contributed by atoms with Crippen molar-refractivity contribution in [3.8, 4) is 10.4 Å². The Morgan fingerprint density at radius 2 is 1.66 bits per heavy atom. The van der Waals surface area contributed by atoms with E-state index < -0.39 is 65.1 Å². The Balaban J connectivity index is 0.847. The fraction of sp³-hybridized carbons (Fsp3) is 0.438. The van der Waals surface area contributed by atoms with Crippen LogP contribution in [0.25, 0.3) is 21.5 Å². The van der Waals surface area contributed by atoms with Crippen LogP contribution in [0.1, 0.15) is 72.8 Å². The summed E-state index contributed by atoms with van der Waals surface area (Å²) in [4.78, 5) is 106. The van der Waals surface area contributed by atoms with Gasteiger partial charge in [0, 0.05) is 44.2 Å². The van der Waals surface area contributed by atoms with E-state index in [0.717, 1.165) is 32.8 Å². The lowest BCUT2D eigenvalue weighted by atomic mass is 9.85. The number of fused-ring (bicyclic) bond motifs is 1. The highest BCUT2D eigenvalue weighted by atomic mass is 32.1. The van der Waals surface area contributed by atoms with Crippen LogP contribution in [0.5, 0.6) is 0 Å². The lowest BCUT2D eigenvalue weighted by Crippen LogP contribution is -2.58. The van der Waals surface area contributed by atoms with Gasteiger partial charge >= 0.3 is 5.97 Å². The largest absolute Gasteiger partial charge is 0.480 e. The van der Waals surface area contributed by atoms with Crippen molar-refractivity contribution in [2.24, 2.45) is 5.41 Å². The third-order valence-corrected chi connectivity index (χ3v) is 12.7. The van der Waals surface area contributed by atoms with Gasteiger partial charge in [-0.15, -0.1) is 11.3 Å². The van der Waals surface area contributed by atoms with Crippen LogP contribution in [0.2, 0.25) is 0 Å². The first kappa shape index (κ1) is 52.4. The molecule has 22 heteroatoms. The topological polar surface area (TPSA) is 313 Å². The normalized spacial score (nSPS) is 15.6. The van der Waals surface area contributed by atoms with E-state index in [0.29, 0.717) is 23.9 Å². The zero-order valence-electron chi connectivity index (χ0n) is 39.5. The minimum absolute atomic E-state index is 0.0146. The smallest absolute Gasteiger partial charge is 0.326 e. The minimum Gasteiger partial charge on any atom is -0.480 e. The van der Waals surface area contributed by atoms with Crippen LogP contribution in [-0.2, 0) is 52.8 Å². The number of benzene rings is 2. The molecule has 5 amide bonds. The summed E-state index contributed by atoms with van der Waals surface area (Å²) in [6.45, 7) is 7.38. The van der Waals surface area contributed by atoms with Crippen LogP contribution in [0.4, 0.5) is 5.95 Å². The highest BCUT2D eigenvalue weighted by Gasteiger charge is 2.44. The van der Waals surface area contributed by atoms with Crippen molar-refractivity contribution in [1.29, 1.82) is 0 Å². The molecule has 0 spiro atoms. The highest BCUT2D eigenvalue weighted by molar-refractivity contribution is 7.13. The summed E-state index contributed by atoms with van der Waals surface area (Å²) < 4.78 is 11.0. The maximum Gasteiger partial charge on any atom is 0.326 e. The quantitative estimate of drug-likeness (QED) is 0.0423. The summed E-state index contributed by atoms with van der Waals surface area (Å²) in [5, 5.41) is 31.4. The molecule has 1 saturated heterocycles. The second-order valence-electron chi connectivity index (χ2n) is 18.0. The van der Waals surface area contributed by atoms with Gasteiger partial charge in [-0.05, 0) is 66.0 Å². The molecular formula is C48H60N10O11S. The van der Waals surface area contributed by atoms with Crippen molar-refractivity contribution in [3.05, 3.63) is 98.5 Å². The molecule has 0 aliphatic carbocycles. The second-order valence-corrected chi connectivity index (χ2v) is 18.9. The molecule has 70 heavy (non-hydrogen) atoms. The molecule has 0 saturated carbocycles. The third kappa shape index (κ3) is 14.3. The first-order chi connectivity index (χ1) is 33.4. The number of aliphatic hydroxyl groups excluding tert-OH is 1. The number of aryl methyl sites for hydroxylation is 3. The molecule has 2 unspecified atom stereocenters. The number of amides is 5. The number of H-pyrrole nitrogens is 2. The van der Waals surface area contributed by atoms with Gasteiger partial charge in [0.05, 0.1) is 47.4 Å². The Bertz CT molecular complexity index is 2700. The number of hydrogen-bond donors (Lipinski definition) is 9. The van der Waals surface area contributed by atoms with Crippen molar-refractivity contribution in [2.75, 3.05) is 45.3 Å². The Labute approximate surface area is 407 Å². The number of anilines is 1. The lowest BCUT2D eigenvalue weighted by Gasteiger charge is -2.35. The van der Waals surface area contributed by atoms with Crippen LogP contribution in [0, 0.1) is 12.3 Å². The van der Waals surface area contributed by atoms with E-state index in [-0.39, 0.29) is 82.4 Å². The predicted octanol–water partition coefficient (Wildman–Crippen LogP) is 1.97. The molecule has 6 rings (SSSR count). The summed E-state index contributed by atoms with van der Waals surface area (Å²) >= 11 is 1.55. The number of carboxylic acids is 1. The van der Waals surface area contributed by atoms with Crippen LogP contribution in [-0.4, -0.2) is 134 Å². The van der Waals surface area contributed by atoms with E-state index >= 15 is 0 Å². The third-order valence-electron chi connectivity index (χ3n) is 11.7. The highest BCUT2D eigenvalue weighted by Crippen LogP contribution is 2.28. The number of aromatic amines is 2. The van der Waals surface area contributed by atoms with Crippen molar-refractivity contribution in [3.63, 3.8) is 0 Å². The van der Waals surface area contributed by atoms with Gasteiger partial charge in [-0.2, -0.15) is 4.98 Å². The number of likely N-dealkylation sites (tertiary alicyclic amines) is 1. The van der Waals surface area contributed by atoms with Crippen molar-refractivity contribution < 1.29 is 48.5 Å². The number of rotatable bonds is 23. The Hall–Kier alpha value is -7.01. The summed E-state index contributed by atoms with van der Waals surface area (Å²) in [6.07, 6.45) is 1.57. The SMILES string of the molecule is Cc1ncsc1-c1ccc(CNC(=O)C2C[C@@H](O)CN2C(=O)C(NC(=O)COCCOCCNC(=O)CC[C@@H](NC(=O)c2ccc(CCc3c[nH]c4nc(N)[nH]c(=O)c34)cc2)C(=O)O)C(C)(C)C)cc1. The maximum atomic E-state index is 13.9. The standard InChI is InChI=1S/C48H60N10O11S/c1-27-39(70-26-53-27)30-10-8-29(9-11-30)22-52-43(63)35-21-33(59)24-58(35)45(65)40(48(2,3)4)55-37(61)25-69-20-19-68-18-17-50-36(60)16-15-34(46(66)67)54-42(62)31-12-5-28(6-13-31)7-14-32-23-51-41-38(32)44(64)57-47(49)56-41/h5-6,8-13,23,26,33-35,40,59H,7,14-22,24-25H2,1-4H3,(H,50,60)(H,52,63)(H,54,62)(H,55,61)(H,66,67)(H4,49,51,56,57,64)/t33-,34-,35?,40?/m1/s1. The van der Waals surface area contributed by atoms with Crippen molar-refractivity contribution >= 4 is 63.8 Å². The lowest BCUT2D eigenvalue weighted by molar-refractivity contribution is -0.144. The average molecular weight is 985 g/mol. The number of ether oxygens (including phenoxy) is 2. The number of carbonyl (C=O) groups excluding carboxylic acids is 5. The number of carboxylic acid groups (broad SMARTS) is 1. The zero-order valence-corrected chi connectivity index (χ0v) is 40.3. The summed E-state index contributed by atoms with van der Waals surface area (Å²) in [5.74, 6) is -3.82. The van der Waals surface area contributed by atoms with Crippen LogP contribution < -0.4 is 32.6 Å². The van der Waals surface area contributed by atoms with E-state index in [1.54, 1.807) is 68.1 Å². The van der Waals surface area contributed by atoms with Gasteiger partial charge in [-0.3, -0.25) is 33.8 Å². The molecule has 1 fully saturated rings. The molecule has 0 bridgehead atoms. The van der Waals surface area contributed by atoms with Crippen LogP contribution >= 0.6 is 11.3 Å². The van der Waals surface area contributed by atoms with Gasteiger partial charge in [-0.25, -0.2) is 9.78 Å². The molecule has 374 valence electrons. The van der Waals surface area contributed by atoms with Crippen LogP contribution in [0.15, 0.2) is 65.0 Å². The molecule has 1 aliphatic rings. The predicted molar refractivity (Wildman–Crippen MR) is 259 cm³/mol.